The summed E-state index contributed by atoms with van der Waals surface area (Å²) in [6.45, 7) is 11.0. The second-order valence-corrected chi connectivity index (χ2v) is 10.6. The Hall–Kier alpha value is -2.73. The quantitative estimate of drug-likeness (QED) is 0.643. The lowest BCUT2D eigenvalue weighted by molar-refractivity contribution is 0.0109. The third-order valence-corrected chi connectivity index (χ3v) is 6.77. The van der Waals surface area contributed by atoms with Crippen molar-refractivity contribution >= 4 is 11.8 Å². The van der Waals surface area contributed by atoms with Crippen LogP contribution in [0.25, 0.3) is 0 Å². The van der Waals surface area contributed by atoms with Crippen LogP contribution in [-0.2, 0) is 17.9 Å². The van der Waals surface area contributed by atoms with Gasteiger partial charge in [-0.05, 0) is 75.8 Å². The van der Waals surface area contributed by atoms with Crippen LogP contribution in [0.5, 0.6) is 5.75 Å². The Balaban J connectivity index is 1.24. The van der Waals surface area contributed by atoms with Crippen molar-refractivity contribution < 1.29 is 14.3 Å². The number of para-hydroxylation sites is 1. The molecule has 2 fully saturated rings. The van der Waals surface area contributed by atoms with E-state index in [0.29, 0.717) is 12.0 Å². The van der Waals surface area contributed by atoms with Crippen molar-refractivity contribution in [1.82, 2.24) is 9.80 Å². The number of amides is 1. The average Bonchev–Trinajstić information content (AvgIpc) is 3.15. The number of hydrogen-bond acceptors (Lipinski definition) is 5. The van der Waals surface area contributed by atoms with Gasteiger partial charge in [0.25, 0.3) is 0 Å². The van der Waals surface area contributed by atoms with Crippen molar-refractivity contribution in [2.24, 2.45) is 5.41 Å². The van der Waals surface area contributed by atoms with Crippen LogP contribution >= 0.6 is 0 Å². The fraction of sp³-hybridized carbons (Fsp3) is 0.519. The van der Waals surface area contributed by atoms with Gasteiger partial charge in [0, 0.05) is 37.4 Å². The van der Waals surface area contributed by atoms with Gasteiger partial charge in [-0.2, -0.15) is 0 Å². The standard InChI is InChI=1S/C27H37N3O3/c1-26(2,3)33-25(31)30-16-13-27(14-17-30)12-15-29(20-27)18-21-8-10-23(11-9-21)32-19-22-6-4-5-7-24(22)28/h4-11H,12-20,28H2,1-3H3. The second-order valence-electron chi connectivity index (χ2n) is 10.6. The number of carbonyl (C=O) groups excluding carboxylic acids is 1. The molecule has 2 aliphatic rings. The monoisotopic (exact) mass is 451 g/mol. The highest BCUT2D eigenvalue weighted by molar-refractivity contribution is 5.68. The molecule has 1 amide bonds. The van der Waals surface area contributed by atoms with Gasteiger partial charge in [0.2, 0.25) is 0 Å². The molecule has 4 rings (SSSR count). The zero-order valence-corrected chi connectivity index (χ0v) is 20.2. The Morgan fingerprint density at radius 1 is 1.00 bits per heavy atom. The molecule has 0 aliphatic carbocycles. The summed E-state index contributed by atoms with van der Waals surface area (Å²) in [6, 6.07) is 16.2. The maximum absolute atomic E-state index is 12.4. The van der Waals surface area contributed by atoms with E-state index >= 15 is 0 Å². The molecule has 2 aliphatic heterocycles. The van der Waals surface area contributed by atoms with E-state index in [1.165, 1.54) is 12.0 Å². The van der Waals surface area contributed by atoms with Gasteiger partial charge in [-0.15, -0.1) is 0 Å². The molecule has 2 saturated heterocycles. The van der Waals surface area contributed by atoms with Crippen LogP contribution < -0.4 is 10.5 Å². The fourth-order valence-corrected chi connectivity index (χ4v) is 4.84. The summed E-state index contributed by atoms with van der Waals surface area (Å²) in [5, 5.41) is 0. The summed E-state index contributed by atoms with van der Waals surface area (Å²) in [7, 11) is 0. The molecule has 0 unspecified atom stereocenters. The molecule has 2 heterocycles. The smallest absolute Gasteiger partial charge is 0.410 e. The molecule has 0 atom stereocenters. The predicted octanol–water partition coefficient (Wildman–Crippen LogP) is 5.07. The zero-order valence-electron chi connectivity index (χ0n) is 20.2. The third kappa shape index (κ3) is 6.20. The number of rotatable bonds is 5. The van der Waals surface area contributed by atoms with E-state index in [1.807, 2.05) is 62.1 Å². The number of ether oxygens (including phenoxy) is 2. The van der Waals surface area contributed by atoms with Crippen molar-refractivity contribution in [2.75, 3.05) is 31.9 Å². The van der Waals surface area contributed by atoms with Gasteiger partial charge in [-0.25, -0.2) is 4.79 Å². The molecule has 2 N–H and O–H groups in total. The lowest BCUT2D eigenvalue weighted by Gasteiger charge is -2.39. The summed E-state index contributed by atoms with van der Waals surface area (Å²) in [5.74, 6) is 0.856. The number of benzene rings is 2. The van der Waals surface area contributed by atoms with Gasteiger partial charge < -0.3 is 20.1 Å². The normalized spacial score (nSPS) is 18.5. The van der Waals surface area contributed by atoms with Crippen molar-refractivity contribution in [2.45, 2.75) is 58.8 Å². The van der Waals surface area contributed by atoms with Crippen molar-refractivity contribution in [3.8, 4) is 5.75 Å². The third-order valence-electron chi connectivity index (χ3n) is 6.77. The Kier molecular flexibility index (Phi) is 6.84. The second kappa shape index (κ2) is 9.64. The number of piperidine rings is 1. The van der Waals surface area contributed by atoms with E-state index in [2.05, 4.69) is 17.0 Å². The molecule has 0 bridgehead atoms. The van der Waals surface area contributed by atoms with Gasteiger partial charge in [0.1, 0.15) is 18.0 Å². The molecule has 0 radical (unpaired) electrons. The van der Waals surface area contributed by atoms with E-state index < -0.39 is 5.60 Å². The van der Waals surface area contributed by atoms with Crippen molar-refractivity contribution in [1.29, 1.82) is 0 Å². The molecule has 33 heavy (non-hydrogen) atoms. The molecule has 6 heteroatoms. The zero-order chi connectivity index (χ0) is 23.5. The summed E-state index contributed by atoms with van der Waals surface area (Å²) in [4.78, 5) is 16.8. The molecular weight excluding hydrogens is 414 g/mol. The van der Waals surface area contributed by atoms with Crippen LogP contribution in [0, 0.1) is 5.41 Å². The van der Waals surface area contributed by atoms with Crippen molar-refractivity contribution in [3.63, 3.8) is 0 Å². The molecule has 2 aromatic carbocycles. The van der Waals surface area contributed by atoms with Crippen molar-refractivity contribution in [3.05, 3.63) is 59.7 Å². The minimum Gasteiger partial charge on any atom is -0.489 e. The summed E-state index contributed by atoms with van der Waals surface area (Å²) in [6.07, 6.45) is 3.13. The van der Waals surface area contributed by atoms with Gasteiger partial charge in [-0.1, -0.05) is 30.3 Å². The van der Waals surface area contributed by atoms with E-state index in [1.54, 1.807) is 0 Å². The molecule has 0 aromatic heterocycles. The lowest BCUT2D eigenvalue weighted by Crippen LogP contribution is -2.46. The van der Waals surface area contributed by atoms with Crippen LogP contribution in [0.3, 0.4) is 0 Å². The van der Waals surface area contributed by atoms with E-state index in [4.69, 9.17) is 15.2 Å². The first kappa shape index (κ1) is 23.4. The van der Waals surface area contributed by atoms with E-state index in [0.717, 1.165) is 62.6 Å². The van der Waals surface area contributed by atoms with Crippen LogP contribution in [0.1, 0.15) is 51.2 Å². The Morgan fingerprint density at radius 2 is 1.67 bits per heavy atom. The van der Waals surface area contributed by atoms with E-state index in [9.17, 15) is 4.79 Å². The van der Waals surface area contributed by atoms with Gasteiger partial charge >= 0.3 is 6.09 Å². The summed E-state index contributed by atoms with van der Waals surface area (Å²) in [5.41, 5.74) is 8.94. The highest BCUT2D eigenvalue weighted by Gasteiger charge is 2.41. The fourth-order valence-electron chi connectivity index (χ4n) is 4.84. The van der Waals surface area contributed by atoms with Crippen LogP contribution in [0.4, 0.5) is 10.5 Å². The average molecular weight is 452 g/mol. The minimum absolute atomic E-state index is 0.176. The number of nitrogens with two attached hydrogens (primary N) is 1. The SMILES string of the molecule is CC(C)(C)OC(=O)N1CCC2(CCN(Cc3ccc(OCc4ccccc4N)cc3)C2)CC1. The number of hydrogen-bond donors (Lipinski definition) is 1. The number of nitrogen functional groups attached to an aromatic ring is 1. The number of anilines is 1. The minimum atomic E-state index is -0.439. The number of carbonyl (C=O) groups is 1. The molecule has 1 spiro atoms. The predicted molar refractivity (Wildman–Crippen MR) is 131 cm³/mol. The first-order valence-electron chi connectivity index (χ1n) is 12.0. The summed E-state index contributed by atoms with van der Waals surface area (Å²) >= 11 is 0. The van der Waals surface area contributed by atoms with Gasteiger partial charge in [-0.3, -0.25) is 4.90 Å². The lowest BCUT2D eigenvalue weighted by atomic mass is 9.78. The van der Waals surface area contributed by atoms with Crippen LogP contribution in [-0.4, -0.2) is 47.7 Å². The molecule has 0 saturated carbocycles. The van der Waals surface area contributed by atoms with Crippen LogP contribution in [0.15, 0.2) is 48.5 Å². The Bertz CT molecular complexity index is 944. The van der Waals surface area contributed by atoms with Gasteiger partial charge in [0.05, 0.1) is 0 Å². The maximum atomic E-state index is 12.4. The number of likely N-dealkylation sites (tertiary alicyclic amines) is 2. The summed E-state index contributed by atoms with van der Waals surface area (Å²) < 4.78 is 11.5. The Labute approximate surface area is 197 Å². The van der Waals surface area contributed by atoms with Crippen LogP contribution in [0.2, 0.25) is 0 Å². The highest BCUT2D eigenvalue weighted by atomic mass is 16.6. The molecule has 2 aromatic rings. The topological polar surface area (TPSA) is 68.0 Å². The van der Waals surface area contributed by atoms with Gasteiger partial charge in [0.15, 0.2) is 0 Å². The molecule has 6 nitrogen and oxygen atoms in total. The largest absolute Gasteiger partial charge is 0.489 e. The maximum Gasteiger partial charge on any atom is 0.410 e. The highest BCUT2D eigenvalue weighted by Crippen LogP contribution is 2.41. The first-order valence-corrected chi connectivity index (χ1v) is 12.0. The number of nitrogens with zero attached hydrogens (tertiary/aromatic N) is 2. The van der Waals surface area contributed by atoms with E-state index in [-0.39, 0.29) is 6.09 Å². The Morgan fingerprint density at radius 3 is 2.33 bits per heavy atom. The first-order chi connectivity index (χ1) is 15.7. The molecule has 178 valence electrons. The molecular formula is C27H37N3O3.